The molecule has 1 rings (SSSR count). The first kappa shape index (κ1) is 20.4. The fourth-order valence-electron chi connectivity index (χ4n) is 1.87. The van der Waals surface area contributed by atoms with Crippen LogP contribution in [-0.2, 0) is 18.9 Å². The second-order valence-corrected chi connectivity index (χ2v) is 5.03. The molecule has 0 heterocycles. The lowest BCUT2D eigenvalue weighted by atomic mass is 10.2. The van der Waals surface area contributed by atoms with Crippen LogP contribution in [-0.4, -0.2) is 59.3 Å². The van der Waals surface area contributed by atoms with Crippen molar-refractivity contribution in [2.24, 2.45) is 0 Å². The van der Waals surface area contributed by atoms with Gasteiger partial charge in [0.05, 0.1) is 40.1 Å². The molecule has 0 amide bonds. The van der Waals surface area contributed by atoms with Crippen molar-refractivity contribution in [2.75, 3.05) is 53.4 Å². The van der Waals surface area contributed by atoms with Crippen LogP contribution in [0.2, 0.25) is 0 Å². The van der Waals surface area contributed by atoms with E-state index < -0.39 is 5.97 Å². The minimum atomic E-state index is -0.420. The molecule has 0 N–H and O–H groups in total. The van der Waals surface area contributed by atoms with Gasteiger partial charge < -0.3 is 23.7 Å². The summed E-state index contributed by atoms with van der Waals surface area (Å²) < 4.78 is 26.4. The maximum absolute atomic E-state index is 11.9. The summed E-state index contributed by atoms with van der Waals surface area (Å²) in [5.41, 5.74) is 0.409. The summed E-state index contributed by atoms with van der Waals surface area (Å²) in [4.78, 5) is 11.9. The number of carbonyl (C=O) groups excluding carboxylic acids is 1. The molecule has 0 fully saturated rings. The lowest BCUT2D eigenvalue weighted by Crippen LogP contribution is -2.14. The first-order valence-corrected chi connectivity index (χ1v) is 8.33. The third kappa shape index (κ3) is 8.86. The van der Waals surface area contributed by atoms with Crippen molar-refractivity contribution in [1.29, 1.82) is 0 Å². The van der Waals surface area contributed by atoms with Crippen LogP contribution < -0.4 is 4.74 Å². The largest absolute Gasteiger partial charge is 0.496 e. The molecule has 1 aromatic rings. The molecular weight excluding hydrogens is 312 g/mol. The summed E-state index contributed by atoms with van der Waals surface area (Å²) in [6.45, 7) is 5.57. The Kier molecular flexibility index (Phi) is 11.7. The molecule has 6 nitrogen and oxygen atoms in total. The highest BCUT2D eigenvalue weighted by Gasteiger charge is 2.12. The molecule has 0 spiro atoms. The number of rotatable bonds is 14. The van der Waals surface area contributed by atoms with Crippen molar-refractivity contribution in [1.82, 2.24) is 0 Å². The van der Waals surface area contributed by atoms with Crippen LogP contribution in [0.4, 0.5) is 0 Å². The van der Waals surface area contributed by atoms with Crippen molar-refractivity contribution in [3.05, 3.63) is 29.8 Å². The van der Waals surface area contributed by atoms with Gasteiger partial charge in [-0.25, -0.2) is 4.79 Å². The quantitative estimate of drug-likeness (QED) is 0.383. The third-order valence-corrected chi connectivity index (χ3v) is 3.17. The van der Waals surface area contributed by atoms with Gasteiger partial charge in [0.1, 0.15) is 17.9 Å². The molecule has 0 saturated carbocycles. The Morgan fingerprint density at radius 3 is 2.08 bits per heavy atom. The number of benzene rings is 1. The van der Waals surface area contributed by atoms with Crippen LogP contribution in [0.1, 0.15) is 30.1 Å². The van der Waals surface area contributed by atoms with E-state index in [2.05, 4.69) is 6.92 Å². The summed E-state index contributed by atoms with van der Waals surface area (Å²) in [6.07, 6.45) is 2.22. The molecule has 0 aliphatic rings. The summed E-state index contributed by atoms with van der Waals surface area (Å²) in [5.74, 6) is 0.0782. The molecule has 0 aromatic heterocycles. The molecule has 0 aliphatic heterocycles. The van der Waals surface area contributed by atoms with Crippen LogP contribution in [0.25, 0.3) is 0 Å². The Morgan fingerprint density at radius 2 is 1.46 bits per heavy atom. The van der Waals surface area contributed by atoms with E-state index in [-0.39, 0.29) is 6.61 Å². The molecule has 0 radical (unpaired) electrons. The highest BCUT2D eigenvalue weighted by molar-refractivity contribution is 5.92. The van der Waals surface area contributed by atoms with Crippen LogP contribution in [0, 0.1) is 0 Å². The van der Waals surface area contributed by atoms with Gasteiger partial charge in [0.25, 0.3) is 0 Å². The number of hydrogen-bond donors (Lipinski definition) is 0. The Hall–Kier alpha value is -1.63. The molecule has 0 aliphatic carbocycles. The molecule has 6 heteroatoms. The molecular formula is C18H28O6. The molecule has 0 unspecified atom stereocenters. The highest BCUT2D eigenvalue weighted by Crippen LogP contribution is 2.17. The van der Waals surface area contributed by atoms with Crippen LogP contribution in [0.15, 0.2) is 24.3 Å². The van der Waals surface area contributed by atoms with Crippen LogP contribution in [0.3, 0.4) is 0 Å². The number of hydrogen-bond acceptors (Lipinski definition) is 6. The predicted molar refractivity (Wildman–Crippen MR) is 90.6 cm³/mol. The number of methoxy groups -OCH3 is 1. The molecule has 0 saturated heterocycles. The smallest absolute Gasteiger partial charge is 0.342 e. The SMILES string of the molecule is CCCCOCCOCCOCCOC(=O)c1ccccc1OC. The number of para-hydroxylation sites is 1. The highest BCUT2D eigenvalue weighted by atomic mass is 16.6. The van der Waals surface area contributed by atoms with Crippen molar-refractivity contribution >= 4 is 5.97 Å². The first-order valence-electron chi connectivity index (χ1n) is 8.33. The summed E-state index contributed by atoms with van der Waals surface area (Å²) >= 11 is 0. The molecule has 136 valence electrons. The monoisotopic (exact) mass is 340 g/mol. The average molecular weight is 340 g/mol. The lowest BCUT2D eigenvalue weighted by Gasteiger charge is -2.09. The van der Waals surface area contributed by atoms with Crippen molar-refractivity contribution in [3.8, 4) is 5.75 Å². The van der Waals surface area contributed by atoms with Gasteiger partial charge in [-0.2, -0.15) is 0 Å². The van der Waals surface area contributed by atoms with Gasteiger partial charge in [-0.15, -0.1) is 0 Å². The zero-order chi connectivity index (χ0) is 17.5. The number of ether oxygens (including phenoxy) is 5. The Labute approximate surface area is 144 Å². The fraction of sp³-hybridized carbons (Fsp3) is 0.611. The zero-order valence-electron chi connectivity index (χ0n) is 14.6. The van der Waals surface area contributed by atoms with Gasteiger partial charge in [-0.05, 0) is 18.6 Å². The third-order valence-electron chi connectivity index (χ3n) is 3.17. The Morgan fingerprint density at radius 1 is 0.875 bits per heavy atom. The van der Waals surface area contributed by atoms with Gasteiger partial charge in [-0.3, -0.25) is 0 Å². The lowest BCUT2D eigenvalue weighted by molar-refractivity contribution is 0.000216. The second kappa shape index (κ2) is 13.8. The van der Waals surface area contributed by atoms with Gasteiger partial charge >= 0.3 is 5.97 Å². The second-order valence-electron chi connectivity index (χ2n) is 5.03. The van der Waals surface area contributed by atoms with E-state index >= 15 is 0 Å². The maximum Gasteiger partial charge on any atom is 0.342 e. The van der Waals surface area contributed by atoms with Gasteiger partial charge in [0.15, 0.2) is 0 Å². The van der Waals surface area contributed by atoms with Crippen LogP contribution in [0.5, 0.6) is 5.75 Å². The molecule has 0 atom stereocenters. The first-order chi connectivity index (χ1) is 11.8. The van der Waals surface area contributed by atoms with Gasteiger partial charge in [-0.1, -0.05) is 25.5 Å². The Bertz CT molecular complexity index is 449. The topological polar surface area (TPSA) is 63.2 Å². The fourth-order valence-corrected chi connectivity index (χ4v) is 1.87. The zero-order valence-corrected chi connectivity index (χ0v) is 14.6. The van der Waals surface area contributed by atoms with Crippen LogP contribution >= 0.6 is 0 Å². The average Bonchev–Trinajstić information content (AvgIpc) is 2.62. The van der Waals surface area contributed by atoms with Gasteiger partial charge in [0.2, 0.25) is 0 Å². The van der Waals surface area contributed by atoms with E-state index in [9.17, 15) is 4.79 Å². The minimum Gasteiger partial charge on any atom is -0.496 e. The summed E-state index contributed by atoms with van der Waals surface area (Å²) in [6, 6.07) is 6.95. The predicted octanol–water partition coefficient (Wildman–Crippen LogP) is 2.70. The molecule has 1 aromatic carbocycles. The Balaban J connectivity index is 1.97. The van der Waals surface area contributed by atoms with E-state index in [1.807, 2.05) is 0 Å². The summed E-state index contributed by atoms with van der Waals surface area (Å²) in [5, 5.41) is 0. The van der Waals surface area contributed by atoms with Gasteiger partial charge in [0, 0.05) is 6.61 Å². The van der Waals surface area contributed by atoms with E-state index in [4.69, 9.17) is 23.7 Å². The summed E-state index contributed by atoms with van der Waals surface area (Å²) in [7, 11) is 1.52. The normalized spacial score (nSPS) is 10.6. The van der Waals surface area contributed by atoms with E-state index in [0.29, 0.717) is 44.3 Å². The van der Waals surface area contributed by atoms with Crippen molar-refractivity contribution in [2.45, 2.75) is 19.8 Å². The number of unbranched alkanes of at least 4 members (excludes halogenated alkanes) is 1. The van der Waals surface area contributed by atoms with Crippen molar-refractivity contribution < 1.29 is 28.5 Å². The molecule has 24 heavy (non-hydrogen) atoms. The standard InChI is InChI=1S/C18H28O6/c1-3-4-9-21-10-11-22-12-13-23-14-15-24-18(19)16-7-5-6-8-17(16)20-2/h5-8H,3-4,9-15H2,1-2H3. The minimum absolute atomic E-state index is 0.191. The van der Waals surface area contributed by atoms with Crippen molar-refractivity contribution in [3.63, 3.8) is 0 Å². The van der Waals surface area contributed by atoms with E-state index in [0.717, 1.165) is 19.4 Å². The molecule has 0 bridgehead atoms. The number of carbonyl (C=O) groups is 1. The number of esters is 1. The van der Waals surface area contributed by atoms with E-state index in [1.54, 1.807) is 24.3 Å². The maximum atomic E-state index is 11.9. The van der Waals surface area contributed by atoms with E-state index in [1.165, 1.54) is 7.11 Å².